The van der Waals surface area contributed by atoms with Crippen LogP contribution in [0.3, 0.4) is 0 Å². The lowest BCUT2D eigenvalue weighted by atomic mass is 10.1. The second-order valence-corrected chi connectivity index (χ2v) is 7.56. The summed E-state index contributed by atoms with van der Waals surface area (Å²) in [4.78, 5) is 24.8. The zero-order valence-corrected chi connectivity index (χ0v) is 16.2. The smallest absolute Gasteiger partial charge is 0.416 e. The van der Waals surface area contributed by atoms with Gasteiger partial charge in [0.05, 0.1) is 16.2 Å². The second-order valence-electron chi connectivity index (χ2n) is 5.89. The van der Waals surface area contributed by atoms with Crippen molar-refractivity contribution in [2.24, 2.45) is 5.73 Å². The molecule has 0 spiro atoms. The van der Waals surface area contributed by atoms with Crippen LogP contribution in [0.5, 0.6) is 5.75 Å². The Kier molecular flexibility index (Phi) is 5.94. The maximum absolute atomic E-state index is 13.0. The Bertz CT molecular complexity index is 1000. The summed E-state index contributed by atoms with van der Waals surface area (Å²) < 4.78 is 44.2. The lowest BCUT2D eigenvalue weighted by Gasteiger charge is -2.16. The van der Waals surface area contributed by atoms with E-state index in [-0.39, 0.29) is 21.5 Å². The fraction of sp³-hybridized carbons (Fsp3) is 0.105. The second kappa shape index (κ2) is 8.26. The van der Waals surface area contributed by atoms with Gasteiger partial charge in [-0.05, 0) is 42.0 Å². The summed E-state index contributed by atoms with van der Waals surface area (Å²) in [5.74, 6) is -0.682. The van der Waals surface area contributed by atoms with E-state index in [0.29, 0.717) is 11.3 Å². The third-order valence-electron chi connectivity index (χ3n) is 3.78. The number of ether oxygens (including phenoxy) is 1. The summed E-state index contributed by atoms with van der Waals surface area (Å²) in [6.07, 6.45) is -2.95. The molecule has 1 heterocycles. The van der Waals surface area contributed by atoms with Gasteiger partial charge in [0.25, 0.3) is 11.8 Å². The number of hydrogen-bond acceptors (Lipinski definition) is 5. The van der Waals surface area contributed by atoms with Gasteiger partial charge in [0.15, 0.2) is 10.9 Å². The summed E-state index contributed by atoms with van der Waals surface area (Å²) in [7, 11) is 0. The minimum Gasteiger partial charge on any atom is -0.484 e. The molecule has 0 radical (unpaired) electrons. The van der Waals surface area contributed by atoms with Crippen molar-refractivity contribution in [1.82, 2.24) is 0 Å². The monoisotopic (exact) mass is 438 g/mol. The zero-order valence-electron chi connectivity index (χ0n) is 14.6. The van der Waals surface area contributed by atoms with Gasteiger partial charge in [0.1, 0.15) is 5.75 Å². The molecule has 5 nitrogen and oxygen atoms in total. The van der Waals surface area contributed by atoms with Gasteiger partial charge < -0.3 is 10.5 Å². The van der Waals surface area contributed by atoms with E-state index in [0.717, 1.165) is 28.8 Å². The molecule has 0 atom stereocenters. The molecule has 2 N–H and O–H groups in total. The van der Waals surface area contributed by atoms with Crippen molar-refractivity contribution in [2.45, 2.75) is 6.18 Å². The number of carbonyl (C=O) groups is 2. The van der Waals surface area contributed by atoms with Gasteiger partial charge in [0, 0.05) is 0 Å². The first-order chi connectivity index (χ1) is 13.6. The highest BCUT2D eigenvalue weighted by molar-refractivity contribution is 8.27. The lowest BCUT2D eigenvalue weighted by Crippen LogP contribution is -2.27. The maximum Gasteiger partial charge on any atom is 0.416 e. The molecule has 2 amide bonds. The molecule has 1 aliphatic heterocycles. The van der Waals surface area contributed by atoms with Crippen LogP contribution in [0.15, 0.2) is 53.4 Å². The Balaban J connectivity index is 1.81. The minimum atomic E-state index is -4.52. The molecule has 1 aliphatic rings. The summed E-state index contributed by atoms with van der Waals surface area (Å²) in [5.41, 5.74) is 4.86. The SMILES string of the molecule is NC(=O)COc1ccc(/C=C2\SC(=S)N(c3cccc(C(F)(F)F)c3)C2=O)cc1. The van der Waals surface area contributed by atoms with Crippen LogP contribution >= 0.6 is 24.0 Å². The number of primary amides is 1. The molecule has 0 unspecified atom stereocenters. The minimum absolute atomic E-state index is 0.0564. The highest BCUT2D eigenvalue weighted by atomic mass is 32.2. The molecule has 0 saturated carbocycles. The standard InChI is InChI=1S/C19H13F3N2O3S2/c20-19(21,22)12-2-1-3-13(9-12)24-17(26)15(29-18(24)28)8-11-4-6-14(7-5-11)27-10-16(23)25/h1-9H,10H2,(H2,23,25)/b15-8-. The molecule has 0 bridgehead atoms. The van der Waals surface area contributed by atoms with Gasteiger partial charge in [0.2, 0.25) is 0 Å². The average molecular weight is 438 g/mol. The van der Waals surface area contributed by atoms with Crippen LogP contribution in [-0.2, 0) is 15.8 Å². The van der Waals surface area contributed by atoms with Crippen molar-refractivity contribution >= 4 is 51.9 Å². The molecule has 150 valence electrons. The van der Waals surface area contributed by atoms with E-state index in [4.69, 9.17) is 22.7 Å². The van der Waals surface area contributed by atoms with Crippen LogP contribution in [0.4, 0.5) is 18.9 Å². The predicted molar refractivity (Wildman–Crippen MR) is 108 cm³/mol. The molecule has 1 fully saturated rings. The third-order valence-corrected chi connectivity index (χ3v) is 5.09. The Labute approximate surface area is 173 Å². The highest BCUT2D eigenvalue weighted by Gasteiger charge is 2.36. The number of benzene rings is 2. The molecule has 0 aromatic heterocycles. The number of nitrogens with zero attached hydrogens (tertiary/aromatic N) is 1. The van der Waals surface area contributed by atoms with Crippen LogP contribution < -0.4 is 15.4 Å². The third kappa shape index (κ3) is 4.96. The number of amides is 2. The van der Waals surface area contributed by atoms with Gasteiger partial charge in [-0.3, -0.25) is 14.5 Å². The summed E-state index contributed by atoms with van der Waals surface area (Å²) in [5, 5.41) is 0. The summed E-state index contributed by atoms with van der Waals surface area (Å²) >= 11 is 6.19. The molecule has 0 aliphatic carbocycles. The largest absolute Gasteiger partial charge is 0.484 e. The molecule has 29 heavy (non-hydrogen) atoms. The van der Waals surface area contributed by atoms with E-state index in [9.17, 15) is 22.8 Å². The van der Waals surface area contributed by atoms with E-state index in [2.05, 4.69) is 0 Å². The average Bonchev–Trinajstić information content (AvgIpc) is 2.94. The van der Waals surface area contributed by atoms with Crippen molar-refractivity contribution < 1.29 is 27.5 Å². The van der Waals surface area contributed by atoms with Crippen molar-refractivity contribution in [3.63, 3.8) is 0 Å². The number of hydrogen-bond donors (Lipinski definition) is 1. The van der Waals surface area contributed by atoms with Gasteiger partial charge in [-0.15, -0.1) is 0 Å². The molecule has 2 aromatic carbocycles. The number of thioether (sulfide) groups is 1. The topological polar surface area (TPSA) is 72.6 Å². The summed E-state index contributed by atoms with van der Waals surface area (Å²) in [6.45, 7) is -0.255. The van der Waals surface area contributed by atoms with Crippen LogP contribution in [0.25, 0.3) is 6.08 Å². The van der Waals surface area contributed by atoms with Crippen LogP contribution in [0, 0.1) is 0 Å². The van der Waals surface area contributed by atoms with E-state index < -0.39 is 23.6 Å². The Morgan fingerprint density at radius 3 is 2.52 bits per heavy atom. The number of nitrogens with two attached hydrogens (primary N) is 1. The number of carbonyl (C=O) groups excluding carboxylic acids is 2. The van der Waals surface area contributed by atoms with Crippen molar-refractivity contribution in [3.05, 3.63) is 64.6 Å². The summed E-state index contributed by atoms with van der Waals surface area (Å²) in [6, 6.07) is 11.0. The molecule has 3 rings (SSSR count). The first-order valence-corrected chi connectivity index (χ1v) is 9.34. The van der Waals surface area contributed by atoms with E-state index in [1.165, 1.54) is 12.1 Å². The van der Waals surface area contributed by atoms with Gasteiger partial charge in [-0.1, -0.05) is 42.2 Å². The fourth-order valence-corrected chi connectivity index (χ4v) is 3.78. The first kappa shape index (κ1) is 20.9. The normalized spacial score (nSPS) is 15.8. The van der Waals surface area contributed by atoms with Crippen LogP contribution in [-0.4, -0.2) is 22.7 Å². The Hall–Kier alpha value is -2.85. The Morgan fingerprint density at radius 1 is 1.21 bits per heavy atom. The number of rotatable bonds is 5. The van der Waals surface area contributed by atoms with Crippen molar-refractivity contribution in [2.75, 3.05) is 11.5 Å². The molecule has 2 aromatic rings. The molecular formula is C19H13F3N2O3S2. The lowest BCUT2D eigenvalue weighted by molar-refractivity contribution is -0.137. The fourth-order valence-electron chi connectivity index (χ4n) is 2.48. The van der Waals surface area contributed by atoms with Gasteiger partial charge in [-0.25, -0.2) is 0 Å². The number of alkyl halides is 3. The quantitative estimate of drug-likeness (QED) is 0.565. The Morgan fingerprint density at radius 2 is 1.90 bits per heavy atom. The molecule has 1 saturated heterocycles. The zero-order chi connectivity index (χ0) is 21.2. The molecular weight excluding hydrogens is 425 g/mol. The highest BCUT2D eigenvalue weighted by Crippen LogP contribution is 2.38. The van der Waals surface area contributed by atoms with Crippen LogP contribution in [0.2, 0.25) is 0 Å². The number of thiocarbonyl (C=S) groups is 1. The van der Waals surface area contributed by atoms with Crippen LogP contribution in [0.1, 0.15) is 11.1 Å². The molecule has 10 heteroatoms. The van der Waals surface area contributed by atoms with Gasteiger partial charge in [-0.2, -0.15) is 13.2 Å². The van der Waals surface area contributed by atoms with E-state index >= 15 is 0 Å². The first-order valence-electron chi connectivity index (χ1n) is 8.11. The number of anilines is 1. The van der Waals surface area contributed by atoms with Crippen molar-refractivity contribution in [3.8, 4) is 5.75 Å². The van der Waals surface area contributed by atoms with E-state index in [1.54, 1.807) is 30.3 Å². The maximum atomic E-state index is 13.0. The predicted octanol–water partition coefficient (Wildman–Crippen LogP) is 3.98. The van der Waals surface area contributed by atoms with Gasteiger partial charge >= 0.3 is 6.18 Å². The van der Waals surface area contributed by atoms with Crippen molar-refractivity contribution in [1.29, 1.82) is 0 Å². The number of halogens is 3. The van der Waals surface area contributed by atoms with E-state index in [1.807, 2.05) is 0 Å².